The minimum absolute atomic E-state index is 0. The van der Waals surface area contributed by atoms with Gasteiger partial charge in [-0.25, -0.2) is 9.78 Å². The number of rotatable bonds is 12. The molecule has 5 N–H and O–H groups in total. The van der Waals surface area contributed by atoms with Gasteiger partial charge in [-0.05, 0) is 79.9 Å². The molecule has 0 bridgehead atoms. The van der Waals surface area contributed by atoms with E-state index < -0.39 is 5.97 Å². The first kappa shape index (κ1) is 32.5. The molecule has 0 atom stereocenters. The number of carboxylic acid groups (broad SMARTS) is 1. The van der Waals surface area contributed by atoms with Gasteiger partial charge in [0.2, 0.25) is 0 Å². The van der Waals surface area contributed by atoms with E-state index in [0.29, 0.717) is 12.2 Å². The number of benzene rings is 3. The molecular formula is C32H43N3O5. The predicted octanol–water partition coefficient (Wildman–Crippen LogP) is 5.42. The van der Waals surface area contributed by atoms with Crippen molar-refractivity contribution in [3.8, 4) is 22.6 Å². The highest BCUT2D eigenvalue weighted by Crippen LogP contribution is 2.35. The van der Waals surface area contributed by atoms with Crippen LogP contribution in [0.5, 0.6) is 5.75 Å². The first-order valence-electron chi connectivity index (χ1n) is 13.7. The van der Waals surface area contributed by atoms with Crippen LogP contribution in [-0.4, -0.2) is 62.7 Å². The van der Waals surface area contributed by atoms with Gasteiger partial charge in [0.25, 0.3) is 0 Å². The van der Waals surface area contributed by atoms with Crippen LogP contribution in [0.25, 0.3) is 27.8 Å². The number of carboxylic acids is 1. The van der Waals surface area contributed by atoms with Crippen LogP contribution in [0.1, 0.15) is 60.9 Å². The van der Waals surface area contributed by atoms with Crippen LogP contribution in [0.3, 0.4) is 0 Å². The number of aryl methyl sites for hydroxylation is 3. The van der Waals surface area contributed by atoms with E-state index in [-0.39, 0.29) is 11.0 Å². The molecule has 40 heavy (non-hydrogen) atoms. The van der Waals surface area contributed by atoms with Crippen molar-refractivity contribution in [1.29, 1.82) is 0 Å². The Bertz CT molecular complexity index is 1430. The third kappa shape index (κ3) is 6.70. The first-order valence-corrected chi connectivity index (χ1v) is 13.7. The van der Waals surface area contributed by atoms with Crippen molar-refractivity contribution in [2.45, 2.75) is 53.9 Å². The van der Waals surface area contributed by atoms with Crippen molar-refractivity contribution in [3.05, 3.63) is 77.1 Å². The molecule has 0 aliphatic heterocycles. The van der Waals surface area contributed by atoms with Crippen LogP contribution in [0.4, 0.5) is 0 Å². The van der Waals surface area contributed by atoms with Gasteiger partial charge in [-0.2, -0.15) is 0 Å². The van der Waals surface area contributed by atoms with Crippen molar-refractivity contribution in [1.82, 2.24) is 14.5 Å². The lowest BCUT2D eigenvalue weighted by molar-refractivity contribution is 0.0697. The number of ether oxygens (including phenoxy) is 1. The summed E-state index contributed by atoms with van der Waals surface area (Å²) in [6.45, 7) is 14.1. The fourth-order valence-electron chi connectivity index (χ4n) is 5.04. The second-order valence-corrected chi connectivity index (χ2v) is 9.77. The minimum Gasteiger partial charge on any atom is -0.490 e. The average Bonchev–Trinajstić information content (AvgIpc) is 3.31. The van der Waals surface area contributed by atoms with Gasteiger partial charge in [0, 0.05) is 18.7 Å². The predicted molar refractivity (Wildman–Crippen MR) is 162 cm³/mol. The number of carbonyl (C=O) groups is 1. The summed E-state index contributed by atoms with van der Waals surface area (Å²) in [5, 5.41) is 9.72. The van der Waals surface area contributed by atoms with E-state index in [4.69, 9.17) is 9.72 Å². The van der Waals surface area contributed by atoms with Gasteiger partial charge >= 0.3 is 5.97 Å². The van der Waals surface area contributed by atoms with Crippen molar-refractivity contribution < 1.29 is 25.6 Å². The zero-order valence-electron chi connectivity index (χ0n) is 24.3. The van der Waals surface area contributed by atoms with E-state index in [0.717, 1.165) is 89.4 Å². The third-order valence-corrected chi connectivity index (χ3v) is 7.27. The van der Waals surface area contributed by atoms with E-state index in [1.54, 1.807) is 12.1 Å². The number of hydrogen-bond donors (Lipinski definition) is 1. The number of aromatic nitrogens is 2. The molecule has 0 aliphatic rings. The summed E-state index contributed by atoms with van der Waals surface area (Å²) >= 11 is 0. The lowest BCUT2D eigenvalue weighted by atomic mass is 9.95. The standard InChI is InChI=1S/C32H39N3O3.2H2O/c1-6-9-14-29-33-30-22(4)15-18-28(38-20-19-34(7-2)8-3)31(30)35(29)24-16-17-25(23(5)21-24)26-12-10-11-13-27(26)32(36)37;;/h10-13,15-18,21H,6-9,14,19-20H2,1-5H3,(H,36,37);2*1H2. The summed E-state index contributed by atoms with van der Waals surface area (Å²) in [6.07, 6.45) is 3.00. The van der Waals surface area contributed by atoms with Crippen LogP contribution >= 0.6 is 0 Å². The molecule has 0 saturated heterocycles. The molecule has 0 unspecified atom stereocenters. The number of hydrogen-bond acceptors (Lipinski definition) is 4. The molecule has 3 aromatic carbocycles. The topological polar surface area (TPSA) is 131 Å². The van der Waals surface area contributed by atoms with Gasteiger partial charge in [0.15, 0.2) is 0 Å². The maximum absolute atomic E-state index is 11.9. The summed E-state index contributed by atoms with van der Waals surface area (Å²) < 4.78 is 8.63. The highest BCUT2D eigenvalue weighted by molar-refractivity contribution is 5.96. The maximum atomic E-state index is 11.9. The van der Waals surface area contributed by atoms with E-state index >= 15 is 0 Å². The Labute approximate surface area is 236 Å². The van der Waals surface area contributed by atoms with Gasteiger partial charge in [-0.3, -0.25) is 4.57 Å². The second-order valence-electron chi connectivity index (χ2n) is 9.77. The minimum atomic E-state index is -0.923. The Balaban J connectivity index is 0.00000280. The highest BCUT2D eigenvalue weighted by Gasteiger charge is 2.20. The molecule has 1 heterocycles. The molecule has 0 aliphatic carbocycles. The van der Waals surface area contributed by atoms with E-state index in [2.05, 4.69) is 61.4 Å². The van der Waals surface area contributed by atoms with Crippen LogP contribution in [-0.2, 0) is 6.42 Å². The fraction of sp³-hybridized carbons (Fsp3) is 0.375. The normalized spacial score (nSPS) is 10.8. The maximum Gasteiger partial charge on any atom is 0.336 e. The van der Waals surface area contributed by atoms with E-state index in [1.165, 1.54) is 0 Å². The van der Waals surface area contributed by atoms with Gasteiger partial charge in [0.05, 0.1) is 11.1 Å². The zero-order valence-corrected chi connectivity index (χ0v) is 24.3. The highest BCUT2D eigenvalue weighted by atomic mass is 16.5. The molecular weight excluding hydrogens is 506 g/mol. The van der Waals surface area contributed by atoms with Crippen molar-refractivity contribution in [3.63, 3.8) is 0 Å². The Hall–Kier alpha value is -3.72. The quantitative estimate of drug-likeness (QED) is 0.252. The molecule has 4 rings (SSSR count). The SMILES string of the molecule is CCCCc1nc2c(C)ccc(OCCN(CC)CC)c2n1-c1ccc(-c2ccccc2C(=O)O)c(C)c1.O.O. The largest absolute Gasteiger partial charge is 0.490 e. The second kappa shape index (κ2) is 14.6. The number of nitrogens with zero attached hydrogens (tertiary/aromatic N) is 3. The van der Waals surface area contributed by atoms with Gasteiger partial charge in [-0.1, -0.05) is 57.5 Å². The molecule has 0 saturated carbocycles. The summed E-state index contributed by atoms with van der Waals surface area (Å²) in [5.41, 5.74) is 7.04. The van der Waals surface area contributed by atoms with E-state index in [9.17, 15) is 9.90 Å². The molecule has 1 aromatic heterocycles. The van der Waals surface area contributed by atoms with Crippen LogP contribution in [0.2, 0.25) is 0 Å². The number of aromatic carboxylic acids is 1. The lowest BCUT2D eigenvalue weighted by Gasteiger charge is -2.19. The van der Waals surface area contributed by atoms with Crippen LogP contribution in [0.15, 0.2) is 54.6 Å². The first-order chi connectivity index (χ1) is 18.4. The van der Waals surface area contributed by atoms with Gasteiger partial charge < -0.3 is 25.7 Å². The van der Waals surface area contributed by atoms with Crippen molar-refractivity contribution in [2.75, 3.05) is 26.2 Å². The lowest BCUT2D eigenvalue weighted by Crippen LogP contribution is -2.28. The molecule has 0 amide bonds. The van der Waals surface area contributed by atoms with Gasteiger partial charge in [-0.15, -0.1) is 0 Å². The molecule has 0 fully saturated rings. The van der Waals surface area contributed by atoms with Crippen LogP contribution in [0, 0.1) is 13.8 Å². The number of likely N-dealkylation sites (N-methyl/N-ethyl adjacent to an activating group) is 1. The van der Waals surface area contributed by atoms with E-state index in [1.807, 2.05) is 25.1 Å². The van der Waals surface area contributed by atoms with Crippen molar-refractivity contribution in [2.24, 2.45) is 0 Å². The molecule has 216 valence electrons. The molecule has 8 nitrogen and oxygen atoms in total. The Morgan fingerprint density at radius 3 is 2.33 bits per heavy atom. The number of imidazole rings is 1. The average molecular weight is 550 g/mol. The monoisotopic (exact) mass is 549 g/mol. The fourth-order valence-corrected chi connectivity index (χ4v) is 5.04. The van der Waals surface area contributed by atoms with Crippen LogP contribution < -0.4 is 4.74 Å². The molecule has 0 spiro atoms. The summed E-state index contributed by atoms with van der Waals surface area (Å²) in [4.78, 5) is 19.3. The number of unbranched alkanes of at least 4 members (excludes halogenated alkanes) is 1. The summed E-state index contributed by atoms with van der Waals surface area (Å²) in [6, 6.07) is 17.5. The number of fused-ring (bicyclic) bond motifs is 1. The Kier molecular flexibility index (Phi) is 11.9. The third-order valence-electron chi connectivity index (χ3n) is 7.27. The summed E-state index contributed by atoms with van der Waals surface area (Å²) in [7, 11) is 0. The molecule has 4 aromatic rings. The molecule has 8 heteroatoms. The Morgan fingerprint density at radius 1 is 0.950 bits per heavy atom. The Morgan fingerprint density at radius 2 is 1.68 bits per heavy atom. The molecule has 0 radical (unpaired) electrons. The zero-order chi connectivity index (χ0) is 27.2. The summed E-state index contributed by atoms with van der Waals surface area (Å²) in [5.74, 6) is 0.933. The van der Waals surface area contributed by atoms with Crippen molar-refractivity contribution >= 4 is 17.0 Å². The smallest absolute Gasteiger partial charge is 0.336 e. The van der Waals surface area contributed by atoms with Gasteiger partial charge in [0.1, 0.15) is 23.7 Å².